The molecule has 4 fully saturated rings. The van der Waals surface area contributed by atoms with Gasteiger partial charge in [-0.3, -0.25) is 4.79 Å². The second-order valence-electron chi connectivity index (χ2n) is 11.1. The fraction of sp³-hybridized carbons (Fsp3) is 0.621. The lowest BCUT2D eigenvalue weighted by Crippen LogP contribution is -2.54. The van der Waals surface area contributed by atoms with Crippen molar-refractivity contribution in [2.75, 3.05) is 57.9 Å². The van der Waals surface area contributed by atoms with E-state index in [0.717, 1.165) is 51.1 Å². The van der Waals surface area contributed by atoms with Gasteiger partial charge < -0.3 is 24.6 Å². The number of nitrogens with zero attached hydrogens (tertiary/aromatic N) is 4. The Hall–Kier alpha value is -2.78. The molecule has 1 N–H and O–H groups in total. The van der Waals surface area contributed by atoms with Crippen LogP contribution in [0, 0.1) is 17.7 Å². The van der Waals surface area contributed by atoms with Gasteiger partial charge in [-0.25, -0.2) is 14.4 Å². The number of halogens is 1. The van der Waals surface area contributed by atoms with Gasteiger partial charge in [-0.2, -0.15) is 0 Å². The van der Waals surface area contributed by atoms with Gasteiger partial charge in [-0.05, 0) is 82.3 Å². The number of hydrogen-bond acceptors (Lipinski definition) is 7. The van der Waals surface area contributed by atoms with E-state index in [0.29, 0.717) is 43.7 Å². The van der Waals surface area contributed by atoms with Crippen LogP contribution >= 0.6 is 0 Å². The smallest absolute Gasteiger partial charge is 0.226 e. The molecule has 9 heteroatoms. The number of anilines is 1. The number of rotatable bonds is 9. The first-order valence-electron chi connectivity index (χ1n) is 14.0. The number of ether oxygens (including phenoxy) is 2. The molecule has 2 aromatic rings. The van der Waals surface area contributed by atoms with E-state index < -0.39 is 5.82 Å². The molecule has 0 saturated carbocycles. The molecule has 0 spiro atoms. The van der Waals surface area contributed by atoms with Crippen molar-refractivity contribution >= 4 is 11.9 Å². The van der Waals surface area contributed by atoms with Gasteiger partial charge in [0.15, 0.2) is 5.82 Å². The number of aromatic nitrogens is 2. The van der Waals surface area contributed by atoms with Gasteiger partial charge in [-0.1, -0.05) is 0 Å². The second-order valence-corrected chi connectivity index (χ2v) is 11.1. The van der Waals surface area contributed by atoms with Crippen molar-refractivity contribution in [2.45, 2.75) is 51.0 Å². The number of methoxy groups -OCH3 is 1. The van der Waals surface area contributed by atoms with Crippen molar-refractivity contribution in [1.29, 1.82) is 0 Å². The Morgan fingerprint density at radius 1 is 1.08 bits per heavy atom. The first-order valence-corrected chi connectivity index (χ1v) is 14.0. The summed E-state index contributed by atoms with van der Waals surface area (Å²) < 4.78 is 25.4. The molecule has 0 radical (unpaired) electrons. The standard InChI is InChI=1S/C29H40FN5O3/c1-29(12-17-34-13-10-23(29)11-14-34)33-27(36)22-8-15-35(16-9-22)28-31-20-25(30)26(32-28)21-4-6-24(7-5-21)38-19-3-18-37-2/h4-7,20,22-23H,3,8-19H2,1-2H3,(H,33,36). The Labute approximate surface area is 224 Å². The highest BCUT2D eigenvalue weighted by Gasteiger charge is 2.42. The minimum atomic E-state index is -0.459. The maximum absolute atomic E-state index is 14.7. The van der Waals surface area contributed by atoms with Crippen molar-refractivity contribution in [2.24, 2.45) is 11.8 Å². The van der Waals surface area contributed by atoms with Gasteiger partial charge in [0.25, 0.3) is 0 Å². The molecule has 4 aliphatic heterocycles. The highest BCUT2D eigenvalue weighted by Crippen LogP contribution is 2.36. The molecule has 0 aliphatic carbocycles. The molecule has 206 valence electrons. The van der Waals surface area contributed by atoms with Crippen LogP contribution in [0.15, 0.2) is 30.5 Å². The summed E-state index contributed by atoms with van der Waals surface area (Å²) in [4.78, 5) is 26.7. The van der Waals surface area contributed by atoms with Gasteiger partial charge in [0.05, 0.1) is 12.8 Å². The van der Waals surface area contributed by atoms with E-state index in [1.165, 1.54) is 19.0 Å². The second kappa shape index (κ2) is 11.9. The van der Waals surface area contributed by atoms with Gasteiger partial charge >= 0.3 is 0 Å². The van der Waals surface area contributed by atoms with Crippen molar-refractivity contribution in [3.05, 3.63) is 36.3 Å². The summed E-state index contributed by atoms with van der Waals surface area (Å²) in [6.45, 7) is 8.17. The quantitative estimate of drug-likeness (QED) is 0.498. The van der Waals surface area contributed by atoms with Crippen LogP contribution in [-0.4, -0.2) is 79.4 Å². The third-order valence-corrected chi connectivity index (χ3v) is 8.61. The van der Waals surface area contributed by atoms with Crippen LogP contribution < -0.4 is 15.0 Å². The Bertz CT molecular complexity index is 1080. The summed E-state index contributed by atoms with van der Waals surface area (Å²) in [5.74, 6) is 1.49. The predicted molar refractivity (Wildman–Crippen MR) is 145 cm³/mol. The fourth-order valence-corrected chi connectivity index (χ4v) is 6.09. The van der Waals surface area contributed by atoms with Gasteiger partial charge in [0, 0.05) is 56.8 Å². The van der Waals surface area contributed by atoms with Crippen molar-refractivity contribution in [1.82, 2.24) is 20.2 Å². The monoisotopic (exact) mass is 525 g/mol. The molecule has 5 heterocycles. The van der Waals surface area contributed by atoms with Crippen molar-refractivity contribution < 1.29 is 18.7 Å². The maximum Gasteiger partial charge on any atom is 0.226 e. The van der Waals surface area contributed by atoms with E-state index in [9.17, 15) is 9.18 Å². The summed E-state index contributed by atoms with van der Waals surface area (Å²) in [5.41, 5.74) is 0.832. The highest BCUT2D eigenvalue weighted by atomic mass is 19.1. The summed E-state index contributed by atoms with van der Waals surface area (Å²) in [7, 11) is 1.67. The Kier molecular flexibility index (Phi) is 8.43. The first-order chi connectivity index (χ1) is 18.4. The molecule has 4 saturated heterocycles. The average molecular weight is 526 g/mol. The predicted octanol–water partition coefficient (Wildman–Crippen LogP) is 3.91. The van der Waals surface area contributed by atoms with E-state index in [4.69, 9.17) is 9.47 Å². The summed E-state index contributed by atoms with van der Waals surface area (Å²) in [6.07, 6.45) is 6.89. The van der Waals surface area contributed by atoms with E-state index in [-0.39, 0.29) is 23.1 Å². The number of piperidine rings is 2. The summed E-state index contributed by atoms with van der Waals surface area (Å²) in [5, 5.41) is 3.47. The van der Waals surface area contributed by atoms with Gasteiger partial charge in [0.2, 0.25) is 11.9 Å². The largest absolute Gasteiger partial charge is 0.494 e. The lowest BCUT2D eigenvalue weighted by Gasteiger charge is -2.39. The molecule has 1 unspecified atom stereocenters. The Morgan fingerprint density at radius 2 is 1.82 bits per heavy atom. The zero-order chi connectivity index (χ0) is 26.5. The molecular weight excluding hydrogens is 485 g/mol. The van der Waals surface area contributed by atoms with E-state index >= 15 is 0 Å². The molecule has 1 atom stereocenters. The minimum absolute atomic E-state index is 0.0137. The summed E-state index contributed by atoms with van der Waals surface area (Å²) in [6, 6.07) is 7.28. The molecule has 8 nitrogen and oxygen atoms in total. The molecule has 1 amide bonds. The SMILES string of the molecule is COCCCOc1ccc(-c2nc(N3CCC(C(=O)NC4(C)CCN5CCC4CC5)CC3)ncc2F)cc1. The Balaban J connectivity index is 1.18. The van der Waals surface area contributed by atoms with Gasteiger partial charge in [-0.15, -0.1) is 0 Å². The van der Waals surface area contributed by atoms with E-state index in [1.54, 1.807) is 7.11 Å². The Morgan fingerprint density at radius 3 is 2.53 bits per heavy atom. The van der Waals surface area contributed by atoms with Gasteiger partial charge in [0.1, 0.15) is 11.4 Å². The molecule has 1 aromatic carbocycles. The number of fused-ring (bicyclic) bond motifs is 4. The highest BCUT2D eigenvalue weighted by molar-refractivity contribution is 5.79. The normalized spacial score (nSPS) is 25.7. The lowest BCUT2D eigenvalue weighted by atomic mass is 9.78. The van der Waals surface area contributed by atoms with E-state index in [2.05, 4.69) is 32.0 Å². The molecule has 6 rings (SSSR count). The van der Waals surface area contributed by atoms with Crippen LogP contribution in [-0.2, 0) is 9.53 Å². The van der Waals surface area contributed by atoms with Crippen LogP contribution in [0.1, 0.15) is 45.4 Å². The third-order valence-electron chi connectivity index (χ3n) is 8.61. The van der Waals surface area contributed by atoms with Crippen LogP contribution in [0.3, 0.4) is 0 Å². The number of nitrogens with one attached hydrogen (secondary N) is 1. The first kappa shape index (κ1) is 26.8. The third kappa shape index (κ3) is 6.10. The van der Waals surface area contributed by atoms with Crippen LogP contribution in [0.4, 0.5) is 10.3 Å². The van der Waals surface area contributed by atoms with Crippen LogP contribution in [0.2, 0.25) is 0 Å². The van der Waals surface area contributed by atoms with Crippen LogP contribution in [0.25, 0.3) is 11.3 Å². The fourth-order valence-electron chi connectivity index (χ4n) is 6.09. The molecular formula is C29H40FN5O3. The zero-order valence-electron chi connectivity index (χ0n) is 22.6. The zero-order valence-corrected chi connectivity index (χ0v) is 22.6. The summed E-state index contributed by atoms with van der Waals surface area (Å²) >= 11 is 0. The lowest BCUT2D eigenvalue weighted by molar-refractivity contribution is -0.128. The van der Waals surface area contributed by atoms with Crippen LogP contribution in [0.5, 0.6) is 5.75 Å². The average Bonchev–Trinajstić information content (AvgIpc) is 3.20. The number of amides is 1. The number of benzene rings is 1. The molecule has 2 bridgehead atoms. The number of hydrogen-bond donors (Lipinski definition) is 1. The number of carbonyl (C=O) groups is 1. The molecule has 1 aromatic heterocycles. The minimum Gasteiger partial charge on any atom is -0.494 e. The van der Waals surface area contributed by atoms with Crippen molar-refractivity contribution in [3.63, 3.8) is 0 Å². The van der Waals surface area contributed by atoms with Crippen molar-refractivity contribution in [3.8, 4) is 17.0 Å². The number of carbonyl (C=O) groups excluding carboxylic acids is 1. The van der Waals surface area contributed by atoms with E-state index in [1.807, 2.05) is 24.3 Å². The topological polar surface area (TPSA) is 79.8 Å². The molecule has 4 aliphatic rings. The molecule has 38 heavy (non-hydrogen) atoms. The maximum atomic E-state index is 14.7.